The van der Waals surface area contributed by atoms with E-state index in [4.69, 9.17) is 5.73 Å². The van der Waals surface area contributed by atoms with Crippen molar-refractivity contribution in [3.63, 3.8) is 0 Å². The zero-order chi connectivity index (χ0) is 23.2. The molecule has 1 aromatic heterocycles. The molecule has 0 spiro atoms. The van der Waals surface area contributed by atoms with Crippen molar-refractivity contribution < 1.29 is 9.00 Å². The quantitative estimate of drug-likeness (QED) is 0.450. The molecule has 2 aromatic carbocycles. The number of nitrogens with one attached hydrogen (secondary N) is 2. The van der Waals surface area contributed by atoms with Crippen LogP contribution in [0.15, 0.2) is 59.6 Å². The second kappa shape index (κ2) is 11.0. The fraction of sp³-hybridized carbons (Fsp3) is 0.400. The third kappa shape index (κ3) is 5.63. The fourth-order valence-electron chi connectivity index (χ4n) is 4.19. The summed E-state index contributed by atoms with van der Waals surface area (Å²) < 4.78 is 17.0. The van der Waals surface area contributed by atoms with Crippen LogP contribution in [0.4, 0.5) is 5.69 Å². The van der Waals surface area contributed by atoms with Crippen molar-refractivity contribution in [3.8, 4) is 0 Å². The van der Waals surface area contributed by atoms with E-state index in [0.717, 1.165) is 59.5 Å². The Kier molecular flexibility index (Phi) is 7.80. The lowest BCUT2D eigenvalue weighted by molar-refractivity contribution is -0.123. The van der Waals surface area contributed by atoms with Crippen LogP contribution in [0.3, 0.4) is 0 Å². The minimum Gasteiger partial charge on any atom is -0.384 e. The molecule has 2 unspecified atom stereocenters. The van der Waals surface area contributed by atoms with Crippen LogP contribution in [0.5, 0.6) is 0 Å². The average molecular weight is 468 g/mol. The maximum absolute atomic E-state index is 12.9. The van der Waals surface area contributed by atoms with Crippen molar-refractivity contribution in [1.29, 1.82) is 0 Å². The van der Waals surface area contributed by atoms with E-state index in [0.29, 0.717) is 13.1 Å². The molecule has 4 rings (SSSR count). The lowest BCUT2D eigenvalue weighted by Crippen LogP contribution is -2.31. The van der Waals surface area contributed by atoms with E-state index in [1.807, 2.05) is 66.2 Å². The molecule has 2 atom stereocenters. The number of nitrogens with two attached hydrogens (primary N) is 1. The second-order valence-corrected chi connectivity index (χ2v) is 9.97. The first kappa shape index (κ1) is 23.5. The molecular weight excluding hydrogens is 434 g/mol. The number of benzene rings is 2. The maximum atomic E-state index is 12.9. The third-order valence-electron chi connectivity index (χ3n) is 6.13. The van der Waals surface area contributed by atoms with Gasteiger partial charge in [-0.05, 0) is 61.7 Å². The topological polar surface area (TPSA) is 92.4 Å². The number of hydrogen-bond acceptors (Lipinski definition) is 4. The van der Waals surface area contributed by atoms with Gasteiger partial charge in [0.25, 0.3) is 0 Å². The minimum atomic E-state index is -1.13. The Hall–Kier alpha value is -2.68. The molecule has 1 saturated heterocycles. The molecule has 7 nitrogen and oxygen atoms in total. The van der Waals surface area contributed by atoms with Crippen LogP contribution in [-0.2, 0) is 22.3 Å². The van der Waals surface area contributed by atoms with Gasteiger partial charge in [0.05, 0.1) is 4.90 Å². The van der Waals surface area contributed by atoms with Gasteiger partial charge in [-0.1, -0.05) is 18.6 Å². The molecule has 4 N–H and O–H groups in total. The van der Waals surface area contributed by atoms with Crippen molar-refractivity contribution in [1.82, 2.24) is 14.2 Å². The van der Waals surface area contributed by atoms with Crippen molar-refractivity contribution in [2.75, 3.05) is 31.5 Å². The lowest BCUT2D eigenvalue weighted by atomic mass is 10.2. The highest BCUT2D eigenvalue weighted by Crippen LogP contribution is 2.25. The highest BCUT2D eigenvalue weighted by Gasteiger charge is 2.20. The highest BCUT2D eigenvalue weighted by atomic mass is 32.2. The van der Waals surface area contributed by atoms with E-state index in [9.17, 15) is 9.00 Å². The van der Waals surface area contributed by atoms with Crippen molar-refractivity contribution in [2.45, 2.75) is 43.7 Å². The van der Waals surface area contributed by atoms with Crippen LogP contribution < -0.4 is 16.4 Å². The predicted octanol–water partition coefficient (Wildman–Crippen LogP) is 3.40. The summed E-state index contributed by atoms with van der Waals surface area (Å²) in [6.07, 6.45) is 5.35. The van der Waals surface area contributed by atoms with Gasteiger partial charge in [-0.15, -0.1) is 0 Å². The van der Waals surface area contributed by atoms with E-state index >= 15 is 0 Å². The van der Waals surface area contributed by atoms with E-state index in [2.05, 4.69) is 14.9 Å². The third-order valence-corrected chi connectivity index (χ3v) is 7.63. The summed E-state index contributed by atoms with van der Waals surface area (Å²) in [5, 5.41) is 7.26. The first-order chi connectivity index (χ1) is 16.1. The van der Waals surface area contributed by atoms with Crippen LogP contribution in [0.2, 0.25) is 0 Å². The molecule has 0 saturated carbocycles. The molecular formula is C25H33N5O2S. The van der Waals surface area contributed by atoms with Crippen LogP contribution in [0.1, 0.15) is 37.8 Å². The number of nitrogens with zero attached hydrogens (tertiary/aromatic N) is 2. The Labute approximate surface area is 197 Å². The molecule has 0 aliphatic carbocycles. The number of anilines is 1. The van der Waals surface area contributed by atoms with Crippen LogP contribution in [0, 0.1) is 0 Å². The Morgan fingerprint density at radius 2 is 1.85 bits per heavy atom. The molecule has 1 aliphatic rings. The molecule has 1 aliphatic heterocycles. The van der Waals surface area contributed by atoms with Gasteiger partial charge in [0, 0.05) is 55.5 Å². The highest BCUT2D eigenvalue weighted by molar-refractivity contribution is 7.82. The molecule has 2 heterocycles. The van der Waals surface area contributed by atoms with Gasteiger partial charge in [0.15, 0.2) is 0 Å². The Bertz CT molecular complexity index is 1110. The van der Waals surface area contributed by atoms with Crippen molar-refractivity contribution in [2.24, 2.45) is 5.73 Å². The SMILES string of the molecule is CC(C(=O)NCc1ccc(NCCN)cc1)n1ccc2cc(S(=O)N3CCCCC3)ccc21. The monoisotopic (exact) mass is 467 g/mol. The van der Waals surface area contributed by atoms with E-state index in [-0.39, 0.29) is 11.9 Å². The van der Waals surface area contributed by atoms with Gasteiger partial charge in [-0.2, -0.15) is 0 Å². The molecule has 1 fully saturated rings. The number of fused-ring (bicyclic) bond motifs is 1. The first-order valence-electron chi connectivity index (χ1n) is 11.6. The average Bonchev–Trinajstić information content (AvgIpc) is 3.29. The summed E-state index contributed by atoms with van der Waals surface area (Å²) in [4.78, 5) is 13.7. The Balaban J connectivity index is 1.39. The number of rotatable bonds is 9. The van der Waals surface area contributed by atoms with Crippen LogP contribution in [-0.4, -0.2) is 45.2 Å². The molecule has 3 aromatic rings. The number of aromatic nitrogens is 1. The molecule has 8 heteroatoms. The number of amides is 1. The van der Waals surface area contributed by atoms with Crippen molar-refractivity contribution >= 4 is 33.5 Å². The van der Waals surface area contributed by atoms with Crippen LogP contribution >= 0.6 is 0 Å². The van der Waals surface area contributed by atoms with Gasteiger partial charge in [0.1, 0.15) is 17.0 Å². The minimum absolute atomic E-state index is 0.0428. The summed E-state index contributed by atoms with van der Waals surface area (Å²) in [6, 6.07) is 15.5. The van der Waals surface area contributed by atoms with Crippen LogP contribution in [0.25, 0.3) is 10.9 Å². The van der Waals surface area contributed by atoms with Crippen molar-refractivity contribution in [3.05, 3.63) is 60.3 Å². The summed E-state index contributed by atoms with van der Waals surface area (Å²) in [6.45, 7) is 5.45. The van der Waals surface area contributed by atoms with Gasteiger partial charge in [0.2, 0.25) is 5.91 Å². The van der Waals surface area contributed by atoms with Gasteiger partial charge >= 0.3 is 0 Å². The van der Waals surface area contributed by atoms with E-state index in [1.54, 1.807) is 0 Å². The number of carbonyl (C=O) groups excluding carboxylic acids is 1. The lowest BCUT2D eigenvalue weighted by Gasteiger charge is -2.25. The summed E-state index contributed by atoms with van der Waals surface area (Å²) >= 11 is 0. The Morgan fingerprint density at radius 1 is 1.09 bits per heavy atom. The standard InChI is InChI=1S/C25H33N5O2S/c1-19(25(31)28-18-20-5-7-22(8-6-20)27-13-12-26)30-16-11-21-17-23(9-10-24(21)30)33(32)29-14-3-2-4-15-29/h5-11,16-17,19,27H,2-4,12-15,18,26H2,1H3,(H,28,31). The second-order valence-electron chi connectivity index (χ2n) is 8.49. The maximum Gasteiger partial charge on any atom is 0.243 e. The summed E-state index contributed by atoms with van der Waals surface area (Å²) in [5.41, 5.74) is 8.53. The summed E-state index contributed by atoms with van der Waals surface area (Å²) in [5.74, 6) is -0.0428. The molecule has 33 heavy (non-hydrogen) atoms. The molecule has 176 valence electrons. The smallest absolute Gasteiger partial charge is 0.243 e. The number of carbonyl (C=O) groups is 1. The first-order valence-corrected chi connectivity index (χ1v) is 12.8. The zero-order valence-corrected chi connectivity index (χ0v) is 19.9. The largest absolute Gasteiger partial charge is 0.384 e. The van der Waals surface area contributed by atoms with E-state index in [1.165, 1.54) is 6.42 Å². The summed E-state index contributed by atoms with van der Waals surface area (Å²) in [7, 11) is -1.13. The molecule has 1 amide bonds. The predicted molar refractivity (Wildman–Crippen MR) is 134 cm³/mol. The number of piperidine rings is 1. The molecule has 0 radical (unpaired) electrons. The zero-order valence-electron chi connectivity index (χ0n) is 19.1. The van der Waals surface area contributed by atoms with E-state index < -0.39 is 11.0 Å². The molecule has 0 bridgehead atoms. The number of hydrogen-bond donors (Lipinski definition) is 3. The fourth-order valence-corrected chi connectivity index (χ4v) is 5.49. The Morgan fingerprint density at radius 3 is 2.58 bits per heavy atom. The normalized spacial score (nSPS) is 16.4. The van der Waals surface area contributed by atoms with Gasteiger partial charge < -0.3 is 20.9 Å². The van der Waals surface area contributed by atoms with Gasteiger partial charge in [-0.25, -0.2) is 8.51 Å². The van der Waals surface area contributed by atoms with Gasteiger partial charge in [-0.3, -0.25) is 4.79 Å².